The Hall–Kier alpha value is -1.03. The second-order valence-electron chi connectivity index (χ2n) is 4.65. The Morgan fingerprint density at radius 2 is 2.17 bits per heavy atom. The molecule has 2 nitrogen and oxygen atoms in total. The van der Waals surface area contributed by atoms with E-state index in [1.54, 1.807) is 12.1 Å². The van der Waals surface area contributed by atoms with Crippen LogP contribution >= 0.6 is 11.8 Å². The summed E-state index contributed by atoms with van der Waals surface area (Å²) in [6, 6.07) is 6.38. The highest BCUT2D eigenvalue weighted by molar-refractivity contribution is 7.99. The summed E-state index contributed by atoms with van der Waals surface area (Å²) < 4.78 is 12.7. The lowest BCUT2D eigenvalue weighted by atomic mass is 10.1. The summed E-state index contributed by atoms with van der Waals surface area (Å²) in [5.41, 5.74) is 1.02. The third-order valence-electron chi connectivity index (χ3n) is 3.13. The molecular formula is C14H18FNOS. The van der Waals surface area contributed by atoms with Gasteiger partial charge >= 0.3 is 0 Å². The first-order valence-corrected chi connectivity index (χ1v) is 7.34. The molecule has 2 rings (SSSR count). The first-order valence-electron chi connectivity index (χ1n) is 6.29. The molecule has 1 atom stereocenters. The fraction of sp³-hybridized carbons (Fsp3) is 0.500. The van der Waals surface area contributed by atoms with E-state index in [1.807, 2.05) is 16.7 Å². The summed E-state index contributed by atoms with van der Waals surface area (Å²) in [6.45, 7) is 3.87. The van der Waals surface area contributed by atoms with Gasteiger partial charge in [0.15, 0.2) is 0 Å². The van der Waals surface area contributed by atoms with Gasteiger partial charge in [-0.05, 0) is 24.1 Å². The zero-order valence-corrected chi connectivity index (χ0v) is 11.4. The van der Waals surface area contributed by atoms with Crippen LogP contribution in [0.5, 0.6) is 0 Å². The molecule has 4 heteroatoms. The molecule has 98 valence electrons. The molecule has 1 aliphatic rings. The Morgan fingerprint density at radius 1 is 1.44 bits per heavy atom. The van der Waals surface area contributed by atoms with E-state index in [0.717, 1.165) is 24.4 Å². The Balaban J connectivity index is 1.82. The van der Waals surface area contributed by atoms with Crippen molar-refractivity contribution in [2.75, 3.05) is 18.8 Å². The molecule has 1 aromatic rings. The predicted octanol–water partition coefficient (Wildman–Crippen LogP) is 2.72. The molecule has 1 saturated heterocycles. The topological polar surface area (TPSA) is 20.3 Å². The third-order valence-corrected chi connectivity index (χ3v) is 4.27. The number of carbonyl (C=O) groups is 1. The van der Waals surface area contributed by atoms with E-state index in [1.165, 1.54) is 12.1 Å². The fourth-order valence-electron chi connectivity index (χ4n) is 2.11. The van der Waals surface area contributed by atoms with E-state index in [2.05, 4.69) is 6.92 Å². The number of aryl methyl sites for hydroxylation is 1. The zero-order valence-electron chi connectivity index (χ0n) is 10.6. The second-order valence-corrected chi connectivity index (χ2v) is 6.19. The average Bonchev–Trinajstić information content (AvgIpc) is 2.38. The predicted molar refractivity (Wildman–Crippen MR) is 73.2 cm³/mol. The maximum atomic E-state index is 12.7. The van der Waals surface area contributed by atoms with Crippen LogP contribution in [0.1, 0.15) is 18.9 Å². The Labute approximate surface area is 112 Å². The van der Waals surface area contributed by atoms with Crippen molar-refractivity contribution in [1.82, 2.24) is 4.90 Å². The van der Waals surface area contributed by atoms with Gasteiger partial charge < -0.3 is 4.90 Å². The van der Waals surface area contributed by atoms with Crippen molar-refractivity contribution in [3.63, 3.8) is 0 Å². The van der Waals surface area contributed by atoms with Crippen molar-refractivity contribution in [2.45, 2.75) is 25.0 Å². The van der Waals surface area contributed by atoms with Crippen molar-refractivity contribution in [3.05, 3.63) is 35.6 Å². The van der Waals surface area contributed by atoms with Crippen molar-refractivity contribution >= 4 is 17.7 Å². The molecule has 0 bridgehead atoms. The molecular weight excluding hydrogens is 249 g/mol. The maximum Gasteiger partial charge on any atom is 0.222 e. The highest BCUT2D eigenvalue weighted by atomic mass is 32.2. The first-order chi connectivity index (χ1) is 8.65. The number of nitrogens with zero attached hydrogens (tertiary/aromatic N) is 1. The zero-order chi connectivity index (χ0) is 13.0. The lowest BCUT2D eigenvalue weighted by molar-refractivity contribution is -0.131. The van der Waals surface area contributed by atoms with E-state index in [-0.39, 0.29) is 11.7 Å². The molecule has 0 aliphatic carbocycles. The number of amides is 1. The van der Waals surface area contributed by atoms with Crippen LogP contribution in [0.15, 0.2) is 24.3 Å². The minimum atomic E-state index is -0.230. The van der Waals surface area contributed by atoms with Crippen molar-refractivity contribution < 1.29 is 9.18 Å². The number of hydrogen-bond acceptors (Lipinski definition) is 2. The summed E-state index contributed by atoms with van der Waals surface area (Å²) in [7, 11) is 0. The molecule has 18 heavy (non-hydrogen) atoms. The van der Waals surface area contributed by atoms with Crippen LogP contribution in [0.4, 0.5) is 4.39 Å². The number of thioether (sulfide) groups is 1. The van der Waals surface area contributed by atoms with Crippen LogP contribution < -0.4 is 0 Å². The molecule has 0 aromatic heterocycles. The van der Waals surface area contributed by atoms with Crippen LogP contribution in [-0.2, 0) is 11.2 Å². The van der Waals surface area contributed by atoms with E-state index < -0.39 is 0 Å². The first kappa shape index (κ1) is 13.4. The number of carbonyl (C=O) groups excluding carboxylic acids is 1. The van der Waals surface area contributed by atoms with E-state index >= 15 is 0 Å². The molecule has 1 fully saturated rings. The number of hydrogen-bond donors (Lipinski definition) is 0. The Kier molecular flexibility index (Phi) is 4.64. The van der Waals surface area contributed by atoms with Gasteiger partial charge in [0.05, 0.1) is 0 Å². The summed E-state index contributed by atoms with van der Waals surface area (Å²) in [4.78, 5) is 14.0. The monoisotopic (exact) mass is 267 g/mol. The Morgan fingerprint density at radius 3 is 2.83 bits per heavy atom. The van der Waals surface area contributed by atoms with Gasteiger partial charge in [0.2, 0.25) is 5.91 Å². The van der Waals surface area contributed by atoms with Crippen LogP contribution in [0.2, 0.25) is 0 Å². The molecule has 1 heterocycles. The van der Waals surface area contributed by atoms with Crippen LogP contribution in [0, 0.1) is 5.82 Å². The van der Waals surface area contributed by atoms with E-state index in [9.17, 15) is 9.18 Å². The van der Waals surface area contributed by atoms with Gasteiger partial charge in [-0.2, -0.15) is 11.8 Å². The second kappa shape index (κ2) is 6.23. The lowest BCUT2D eigenvalue weighted by Gasteiger charge is -2.30. The smallest absolute Gasteiger partial charge is 0.222 e. The van der Waals surface area contributed by atoms with Gasteiger partial charge in [-0.25, -0.2) is 4.39 Å². The molecule has 1 aliphatic heterocycles. The van der Waals surface area contributed by atoms with Gasteiger partial charge in [0.1, 0.15) is 5.82 Å². The van der Waals surface area contributed by atoms with Gasteiger partial charge in [-0.15, -0.1) is 0 Å². The van der Waals surface area contributed by atoms with E-state index in [0.29, 0.717) is 18.1 Å². The number of halogens is 1. The summed E-state index contributed by atoms with van der Waals surface area (Å²) in [5.74, 6) is 1.02. The van der Waals surface area contributed by atoms with Crippen LogP contribution in [-0.4, -0.2) is 34.9 Å². The Bertz CT molecular complexity index is 407. The van der Waals surface area contributed by atoms with Gasteiger partial charge in [0, 0.05) is 30.5 Å². The standard InChI is InChI=1S/C14H18FNOS/c1-11-10-16(8-9-18-11)14(17)7-4-12-2-5-13(15)6-3-12/h2-3,5-6,11H,4,7-10H2,1H3/t11-/m1/s1. The minimum Gasteiger partial charge on any atom is -0.341 e. The molecule has 1 amide bonds. The average molecular weight is 267 g/mol. The minimum absolute atomic E-state index is 0.214. The highest BCUT2D eigenvalue weighted by Gasteiger charge is 2.20. The number of rotatable bonds is 3. The van der Waals surface area contributed by atoms with Gasteiger partial charge in [-0.1, -0.05) is 19.1 Å². The van der Waals surface area contributed by atoms with Crippen molar-refractivity contribution in [2.24, 2.45) is 0 Å². The summed E-state index contributed by atoms with van der Waals surface area (Å²) in [6.07, 6.45) is 1.21. The fourth-order valence-corrected chi connectivity index (χ4v) is 3.12. The van der Waals surface area contributed by atoms with Crippen molar-refractivity contribution in [3.8, 4) is 0 Å². The highest BCUT2D eigenvalue weighted by Crippen LogP contribution is 2.18. The SMILES string of the molecule is C[C@@H]1CN(C(=O)CCc2ccc(F)cc2)CCS1. The summed E-state index contributed by atoms with van der Waals surface area (Å²) in [5, 5.41) is 0.536. The maximum absolute atomic E-state index is 12.7. The normalized spacial score (nSPS) is 19.9. The largest absolute Gasteiger partial charge is 0.341 e. The molecule has 0 spiro atoms. The third kappa shape index (κ3) is 3.73. The number of benzene rings is 1. The molecule has 0 N–H and O–H groups in total. The molecule has 0 saturated carbocycles. The van der Waals surface area contributed by atoms with E-state index in [4.69, 9.17) is 0 Å². The quantitative estimate of drug-likeness (QED) is 0.839. The molecule has 0 radical (unpaired) electrons. The molecule has 0 unspecified atom stereocenters. The van der Waals surface area contributed by atoms with Crippen LogP contribution in [0.25, 0.3) is 0 Å². The molecule has 1 aromatic carbocycles. The van der Waals surface area contributed by atoms with Gasteiger partial charge in [-0.3, -0.25) is 4.79 Å². The van der Waals surface area contributed by atoms with Crippen LogP contribution in [0.3, 0.4) is 0 Å². The lowest BCUT2D eigenvalue weighted by Crippen LogP contribution is -2.41. The summed E-state index contributed by atoms with van der Waals surface area (Å²) >= 11 is 1.92. The van der Waals surface area contributed by atoms with Gasteiger partial charge in [0.25, 0.3) is 0 Å². The van der Waals surface area contributed by atoms with Crippen molar-refractivity contribution in [1.29, 1.82) is 0 Å².